The number of aryl methyl sites for hydroxylation is 1. The average molecular weight is 446 g/mol. The highest BCUT2D eigenvalue weighted by molar-refractivity contribution is 5.81. The van der Waals surface area contributed by atoms with Gasteiger partial charge < -0.3 is 23.5 Å². The van der Waals surface area contributed by atoms with Crippen molar-refractivity contribution in [1.29, 1.82) is 0 Å². The molecule has 5 rings (SSSR count). The first-order valence-corrected chi connectivity index (χ1v) is 11.2. The Morgan fingerprint density at radius 1 is 1.09 bits per heavy atom. The van der Waals surface area contributed by atoms with Crippen LogP contribution in [0.15, 0.2) is 59.4 Å². The molecule has 33 heavy (non-hydrogen) atoms. The zero-order valence-corrected chi connectivity index (χ0v) is 18.9. The first kappa shape index (κ1) is 21.1. The van der Waals surface area contributed by atoms with Gasteiger partial charge in [0.15, 0.2) is 11.7 Å². The molecule has 1 aliphatic rings. The van der Waals surface area contributed by atoms with E-state index in [2.05, 4.69) is 20.9 Å². The summed E-state index contributed by atoms with van der Waals surface area (Å²) in [7, 11) is 0. The van der Waals surface area contributed by atoms with Crippen molar-refractivity contribution in [3.05, 3.63) is 60.9 Å². The number of ether oxygens (including phenoxy) is 1. The number of nitrogens with zero attached hydrogens (tertiary/aromatic N) is 5. The van der Waals surface area contributed by atoms with Crippen LogP contribution in [0.1, 0.15) is 12.8 Å². The highest BCUT2D eigenvalue weighted by Gasteiger charge is 2.23. The van der Waals surface area contributed by atoms with Gasteiger partial charge in [-0.3, -0.25) is 4.79 Å². The number of amides is 1. The number of aromatic nitrogens is 3. The lowest BCUT2D eigenvalue weighted by molar-refractivity contribution is -0.132. The summed E-state index contributed by atoms with van der Waals surface area (Å²) in [5.41, 5.74) is 3.85. The van der Waals surface area contributed by atoms with Crippen LogP contribution in [-0.4, -0.2) is 58.1 Å². The van der Waals surface area contributed by atoms with E-state index in [1.807, 2.05) is 59.7 Å². The molecule has 0 radical (unpaired) electrons. The van der Waals surface area contributed by atoms with Crippen molar-refractivity contribution in [2.75, 3.05) is 37.7 Å². The zero-order valence-electron chi connectivity index (χ0n) is 18.9. The number of piperazine rings is 1. The highest BCUT2D eigenvalue weighted by Crippen LogP contribution is 2.34. The summed E-state index contributed by atoms with van der Waals surface area (Å²) in [6.07, 6.45) is 3.46. The van der Waals surface area contributed by atoms with Crippen molar-refractivity contribution in [2.45, 2.75) is 20.4 Å². The van der Waals surface area contributed by atoms with Gasteiger partial charge in [0.05, 0.1) is 35.7 Å². The second kappa shape index (κ2) is 8.97. The minimum Gasteiger partial charge on any atom is -0.493 e. The SMILES string of the molecule is CCOc1cc(N2CCN(C(=O)Cn3cnc4ccccc43)CC2)ccc1-c1cnc(C)o1. The average Bonchev–Trinajstić information content (AvgIpc) is 3.46. The number of imidazole rings is 1. The van der Waals surface area contributed by atoms with E-state index in [9.17, 15) is 4.79 Å². The number of para-hydroxylation sites is 2. The molecule has 0 unspecified atom stereocenters. The number of fused-ring (bicyclic) bond motifs is 1. The quantitative estimate of drug-likeness (QED) is 0.450. The van der Waals surface area contributed by atoms with Gasteiger partial charge in [0, 0.05) is 44.9 Å². The van der Waals surface area contributed by atoms with Gasteiger partial charge in [-0.1, -0.05) is 12.1 Å². The number of anilines is 1. The molecule has 2 aromatic carbocycles. The number of hydrogen-bond donors (Lipinski definition) is 0. The summed E-state index contributed by atoms with van der Waals surface area (Å²) in [6, 6.07) is 14.0. The van der Waals surface area contributed by atoms with Gasteiger partial charge in [0.1, 0.15) is 12.3 Å². The van der Waals surface area contributed by atoms with E-state index in [4.69, 9.17) is 9.15 Å². The maximum absolute atomic E-state index is 12.9. The Balaban J connectivity index is 1.25. The van der Waals surface area contributed by atoms with Gasteiger partial charge in [-0.05, 0) is 31.2 Å². The van der Waals surface area contributed by atoms with Crippen LogP contribution in [0.4, 0.5) is 5.69 Å². The van der Waals surface area contributed by atoms with E-state index >= 15 is 0 Å². The van der Waals surface area contributed by atoms with Crippen LogP contribution in [0.3, 0.4) is 0 Å². The Morgan fingerprint density at radius 2 is 1.91 bits per heavy atom. The molecule has 4 aromatic rings. The molecule has 0 atom stereocenters. The van der Waals surface area contributed by atoms with Gasteiger partial charge in [0.2, 0.25) is 5.91 Å². The number of carbonyl (C=O) groups excluding carboxylic acids is 1. The van der Waals surface area contributed by atoms with Gasteiger partial charge in [-0.25, -0.2) is 9.97 Å². The monoisotopic (exact) mass is 445 g/mol. The molecule has 0 aliphatic carbocycles. The maximum atomic E-state index is 12.9. The smallest absolute Gasteiger partial charge is 0.242 e. The molecule has 0 bridgehead atoms. The third-order valence-electron chi connectivity index (χ3n) is 5.98. The molecule has 3 heterocycles. The lowest BCUT2D eigenvalue weighted by atomic mass is 10.1. The second-order valence-electron chi connectivity index (χ2n) is 8.09. The zero-order chi connectivity index (χ0) is 22.8. The standard InChI is InChI=1S/C25H27N5O3/c1-3-32-23-14-19(8-9-20(23)24-15-26-18(2)33-24)28-10-12-29(13-11-28)25(31)16-30-17-27-21-6-4-5-7-22(21)30/h4-9,14-15,17H,3,10-13,16H2,1-2H3. The van der Waals surface area contributed by atoms with E-state index in [0.717, 1.165) is 41.1 Å². The van der Waals surface area contributed by atoms with Crippen LogP contribution in [0.2, 0.25) is 0 Å². The van der Waals surface area contributed by atoms with E-state index in [-0.39, 0.29) is 5.91 Å². The van der Waals surface area contributed by atoms with E-state index in [1.165, 1.54) is 0 Å². The van der Waals surface area contributed by atoms with E-state index in [1.54, 1.807) is 12.5 Å². The van der Waals surface area contributed by atoms with Crippen LogP contribution < -0.4 is 9.64 Å². The van der Waals surface area contributed by atoms with Gasteiger partial charge >= 0.3 is 0 Å². The summed E-state index contributed by atoms with van der Waals surface area (Å²) in [5.74, 6) is 2.21. The summed E-state index contributed by atoms with van der Waals surface area (Å²) in [4.78, 5) is 25.7. The molecule has 1 amide bonds. The normalized spacial score (nSPS) is 14.1. The molecular weight excluding hydrogens is 418 g/mol. The van der Waals surface area contributed by atoms with Crippen molar-refractivity contribution in [3.63, 3.8) is 0 Å². The van der Waals surface area contributed by atoms with Crippen molar-refractivity contribution < 1.29 is 13.9 Å². The van der Waals surface area contributed by atoms with Crippen molar-refractivity contribution in [1.82, 2.24) is 19.4 Å². The molecular formula is C25H27N5O3. The molecule has 170 valence electrons. The Labute approximate surface area is 192 Å². The number of oxazole rings is 1. The summed E-state index contributed by atoms with van der Waals surface area (Å²) in [6.45, 7) is 7.56. The number of carbonyl (C=O) groups is 1. The number of rotatable bonds is 6. The van der Waals surface area contributed by atoms with E-state index in [0.29, 0.717) is 37.9 Å². The first-order valence-electron chi connectivity index (χ1n) is 11.2. The third kappa shape index (κ3) is 4.28. The van der Waals surface area contributed by atoms with Gasteiger partial charge in [0.25, 0.3) is 0 Å². The molecule has 0 N–H and O–H groups in total. The lowest BCUT2D eigenvalue weighted by Crippen LogP contribution is -2.49. The fourth-order valence-electron chi connectivity index (χ4n) is 4.27. The Morgan fingerprint density at radius 3 is 2.67 bits per heavy atom. The lowest BCUT2D eigenvalue weighted by Gasteiger charge is -2.36. The molecule has 8 heteroatoms. The molecule has 1 saturated heterocycles. The van der Waals surface area contributed by atoms with Gasteiger partial charge in [-0.15, -0.1) is 0 Å². The molecule has 1 fully saturated rings. The fourth-order valence-corrected chi connectivity index (χ4v) is 4.27. The predicted molar refractivity (Wildman–Crippen MR) is 126 cm³/mol. The Hall–Kier alpha value is -3.81. The first-order chi connectivity index (χ1) is 16.1. The fraction of sp³-hybridized carbons (Fsp3) is 0.320. The molecule has 2 aromatic heterocycles. The summed E-state index contributed by atoms with van der Waals surface area (Å²) >= 11 is 0. The molecule has 0 spiro atoms. The molecule has 0 saturated carbocycles. The van der Waals surface area contributed by atoms with Crippen LogP contribution in [0.25, 0.3) is 22.4 Å². The second-order valence-corrected chi connectivity index (χ2v) is 8.09. The van der Waals surface area contributed by atoms with Crippen molar-refractivity contribution in [3.8, 4) is 17.1 Å². The van der Waals surface area contributed by atoms with Crippen molar-refractivity contribution >= 4 is 22.6 Å². The van der Waals surface area contributed by atoms with Crippen LogP contribution >= 0.6 is 0 Å². The van der Waals surface area contributed by atoms with Crippen LogP contribution in [-0.2, 0) is 11.3 Å². The maximum Gasteiger partial charge on any atom is 0.242 e. The summed E-state index contributed by atoms with van der Waals surface area (Å²) < 4.78 is 13.5. The Bertz CT molecular complexity index is 1270. The summed E-state index contributed by atoms with van der Waals surface area (Å²) in [5, 5.41) is 0. The largest absolute Gasteiger partial charge is 0.493 e. The molecule has 1 aliphatic heterocycles. The number of benzene rings is 2. The highest BCUT2D eigenvalue weighted by atomic mass is 16.5. The van der Waals surface area contributed by atoms with Crippen LogP contribution in [0.5, 0.6) is 5.75 Å². The van der Waals surface area contributed by atoms with Crippen molar-refractivity contribution in [2.24, 2.45) is 0 Å². The van der Waals surface area contributed by atoms with Crippen LogP contribution in [0, 0.1) is 6.92 Å². The topological polar surface area (TPSA) is 76.6 Å². The minimum absolute atomic E-state index is 0.115. The van der Waals surface area contributed by atoms with Gasteiger partial charge in [-0.2, -0.15) is 0 Å². The number of hydrogen-bond acceptors (Lipinski definition) is 6. The molecule has 8 nitrogen and oxygen atoms in total. The Kier molecular flexibility index (Phi) is 5.73. The van der Waals surface area contributed by atoms with E-state index < -0.39 is 0 Å². The minimum atomic E-state index is 0.115. The predicted octanol–water partition coefficient (Wildman–Crippen LogP) is 3.75. The third-order valence-corrected chi connectivity index (χ3v) is 5.98.